The molecule has 34 heavy (non-hydrogen) atoms. The van der Waals surface area contributed by atoms with E-state index < -0.39 is 0 Å². The maximum Gasteiger partial charge on any atom is 0.232 e. The van der Waals surface area contributed by atoms with Crippen molar-refractivity contribution in [3.05, 3.63) is 48.4 Å². The molecular formula is C26H33N5O2S. The average molecular weight is 480 g/mol. The van der Waals surface area contributed by atoms with E-state index in [0.717, 1.165) is 60.4 Å². The molecule has 2 aliphatic rings. The van der Waals surface area contributed by atoms with Crippen LogP contribution in [0.15, 0.2) is 42.6 Å². The fourth-order valence-electron chi connectivity index (χ4n) is 5.14. The highest BCUT2D eigenvalue weighted by Crippen LogP contribution is 2.33. The predicted octanol–water partition coefficient (Wildman–Crippen LogP) is 4.53. The summed E-state index contributed by atoms with van der Waals surface area (Å²) in [5, 5.41) is 0. The third-order valence-electron chi connectivity index (χ3n) is 6.97. The van der Waals surface area contributed by atoms with Gasteiger partial charge in [0.15, 0.2) is 5.65 Å². The second-order valence-electron chi connectivity index (χ2n) is 9.10. The summed E-state index contributed by atoms with van der Waals surface area (Å²) >= 11 is 1.67. The molecule has 0 bridgehead atoms. The van der Waals surface area contributed by atoms with Crippen molar-refractivity contribution in [2.75, 3.05) is 43.9 Å². The van der Waals surface area contributed by atoms with Crippen molar-refractivity contribution in [1.82, 2.24) is 19.4 Å². The van der Waals surface area contributed by atoms with Gasteiger partial charge in [0, 0.05) is 50.2 Å². The molecule has 0 spiro atoms. The highest BCUT2D eigenvalue weighted by atomic mass is 32.2. The second kappa shape index (κ2) is 10.7. The van der Waals surface area contributed by atoms with Crippen molar-refractivity contribution >= 4 is 34.5 Å². The Morgan fingerprint density at radius 2 is 1.91 bits per heavy atom. The fraction of sp³-hybridized carbons (Fsp3) is 0.500. The van der Waals surface area contributed by atoms with Crippen molar-refractivity contribution in [3.8, 4) is 5.75 Å². The van der Waals surface area contributed by atoms with Gasteiger partial charge in [0.1, 0.15) is 17.1 Å². The van der Waals surface area contributed by atoms with E-state index in [1.165, 1.54) is 32.1 Å². The van der Waals surface area contributed by atoms with Crippen LogP contribution >= 0.6 is 11.8 Å². The van der Waals surface area contributed by atoms with Crippen LogP contribution in [0.4, 0.5) is 5.69 Å². The number of carbonyl (C=O) groups excluding carboxylic acids is 1. The normalized spacial score (nSPS) is 17.3. The minimum absolute atomic E-state index is 0.216. The maximum absolute atomic E-state index is 12.9. The number of amides is 1. The summed E-state index contributed by atoms with van der Waals surface area (Å²) < 4.78 is 7.71. The van der Waals surface area contributed by atoms with Gasteiger partial charge < -0.3 is 19.1 Å². The molecule has 3 heterocycles. The predicted molar refractivity (Wildman–Crippen MR) is 138 cm³/mol. The first-order chi connectivity index (χ1) is 16.7. The monoisotopic (exact) mass is 479 g/mol. The van der Waals surface area contributed by atoms with Crippen molar-refractivity contribution in [2.24, 2.45) is 0 Å². The smallest absolute Gasteiger partial charge is 0.232 e. The Hall–Kier alpha value is -2.74. The van der Waals surface area contributed by atoms with E-state index in [0.29, 0.717) is 11.8 Å². The number of nitrogens with zero attached hydrogens (tertiary/aromatic N) is 5. The van der Waals surface area contributed by atoms with Crippen LogP contribution in [0.3, 0.4) is 0 Å². The number of pyridine rings is 1. The molecule has 180 valence electrons. The first-order valence-electron chi connectivity index (χ1n) is 12.3. The molecule has 1 aliphatic heterocycles. The SMILES string of the molecule is COc1cccc(N2CCN(C(=O)CSCc3nc4cccnc4n3C3CCCCC3)CC2)c1. The fourth-order valence-corrected chi connectivity index (χ4v) is 5.99. The number of rotatable bonds is 7. The quantitative estimate of drug-likeness (QED) is 0.496. The highest BCUT2D eigenvalue weighted by Gasteiger charge is 2.24. The number of hydrogen-bond donors (Lipinski definition) is 0. The zero-order valence-corrected chi connectivity index (χ0v) is 20.7. The van der Waals surface area contributed by atoms with Crippen LogP contribution in [0, 0.1) is 0 Å². The number of ether oxygens (including phenoxy) is 1. The molecule has 1 amide bonds. The van der Waals surface area contributed by atoms with Gasteiger partial charge in [-0.25, -0.2) is 9.97 Å². The minimum Gasteiger partial charge on any atom is -0.497 e. The molecule has 3 aromatic rings. The number of thioether (sulfide) groups is 1. The molecule has 1 saturated carbocycles. The van der Waals surface area contributed by atoms with E-state index in [1.54, 1.807) is 18.9 Å². The number of hydrogen-bond acceptors (Lipinski definition) is 6. The summed E-state index contributed by atoms with van der Waals surface area (Å²) in [7, 11) is 1.69. The third-order valence-corrected chi connectivity index (χ3v) is 7.88. The van der Waals surface area contributed by atoms with Gasteiger partial charge >= 0.3 is 0 Å². The summed E-state index contributed by atoms with van der Waals surface area (Å²) in [6.45, 7) is 3.18. The lowest BCUT2D eigenvalue weighted by atomic mass is 9.95. The van der Waals surface area contributed by atoms with Gasteiger partial charge in [-0.3, -0.25) is 4.79 Å². The number of aromatic nitrogens is 3. The van der Waals surface area contributed by atoms with E-state index in [1.807, 2.05) is 35.4 Å². The number of fused-ring (bicyclic) bond motifs is 1. The highest BCUT2D eigenvalue weighted by molar-refractivity contribution is 7.99. The number of imidazole rings is 1. The van der Waals surface area contributed by atoms with Crippen molar-refractivity contribution in [3.63, 3.8) is 0 Å². The van der Waals surface area contributed by atoms with Gasteiger partial charge in [-0.15, -0.1) is 11.8 Å². The van der Waals surface area contributed by atoms with Crippen LogP contribution in [-0.2, 0) is 10.5 Å². The molecule has 8 heteroatoms. The Kier molecular flexibility index (Phi) is 7.23. The molecule has 1 saturated heterocycles. The van der Waals surface area contributed by atoms with Gasteiger partial charge in [0.05, 0.1) is 18.6 Å². The van der Waals surface area contributed by atoms with Crippen molar-refractivity contribution < 1.29 is 9.53 Å². The lowest BCUT2D eigenvalue weighted by Crippen LogP contribution is -2.49. The topological polar surface area (TPSA) is 63.5 Å². The first-order valence-corrected chi connectivity index (χ1v) is 13.4. The Morgan fingerprint density at radius 1 is 1.09 bits per heavy atom. The molecule has 2 fully saturated rings. The van der Waals surface area contributed by atoms with E-state index in [2.05, 4.69) is 26.6 Å². The summed E-state index contributed by atoms with van der Waals surface area (Å²) in [6, 6.07) is 12.6. The lowest BCUT2D eigenvalue weighted by molar-refractivity contribution is -0.128. The minimum atomic E-state index is 0.216. The van der Waals surface area contributed by atoms with Gasteiger partial charge in [0.2, 0.25) is 5.91 Å². The molecule has 7 nitrogen and oxygen atoms in total. The number of benzene rings is 1. The van der Waals surface area contributed by atoms with Crippen LogP contribution in [0.5, 0.6) is 5.75 Å². The zero-order chi connectivity index (χ0) is 23.3. The number of methoxy groups -OCH3 is 1. The molecule has 1 aromatic carbocycles. The standard InChI is InChI=1S/C26H33N5O2S/c1-33-22-10-5-9-21(17-22)29-13-15-30(16-14-29)25(32)19-34-18-24-28-23-11-6-12-27-26(23)31(24)20-7-3-2-4-8-20/h5-6,9-12,17,20H,2-4,7-8,13-16,18-19H2,1H3. The van der Waals surface area contributed by atoms with E-state index in [-0.39, 0.29) is 5.91 Å². The average Bonchev–Trinajstić information content (AvgIpc) is 3.27. The Labute approximate surface area is 205 Å². The van der Waals surface area contributed by atoms with Gasteiger partial charge in [-0.2, -0.15) is 0 Å². The Morgan fingerprint density at radius 3 is 2.71 bits per heavy atom. The van der Waals surface area contributed by atoms with E-state index >= 15 is 0 Å². The van der Waals surface area contributed by atoms with Crippen LogP contribution in [0.1, 0.15) is 44.0 Å². The second-order valence-corrected chi connectivity index (χ2v) is 10.1. The molecule has 0 N–H and O–H groups in total. The number of carbonyl (C=O) groups is 1. The van der Waals surface area contributed by atoms with Crippen LogP contribution in [0.2, 0.25) is 0 Å². The van der Waals surface area contributed by atoms with Crippen molar-refractivity contribution in [2.45, 2.75) is 43.9 Å². The van der Waals surface area contributed by atoms with Crippen LogP contribution in [0.25, 0.3) is 11.2 Å². The molecule has 0 atom stereocenters. The summed E-state index contributed by atoms with van der Waals surface area (Å²) in [6.07, 6.45) is 8.09. The summed E-state index contributed by atoms with van der Waals surface area (Å²) in [4.78, 5) is 26.8. The summed E-state index contributed by atoms with van der Waals surface area (Å²) in [5.74, 6) is 3.36. The van der Waals surface area contributed by atoms with E-state index in [9.17, 15) is 4.79 Å². The van der Waals surface area contributed by atoms with Crippen molar-refractivity contribution in [1.29, 1.82) is 0 Å². The van der Waals surface area contributed by atoms with E-state index in [4.69, 9.17) is 9.72 Å². The number of piperazine rings is 1. The third kappa shape index (κ3) is 5.02. The first kappa shape index (κ1) is 23.0. The van der Waals surface area contributed by atoms with Crippen LogP contribution in [-0.4, -0.2) is 64.4 Å². The molecule has 0 unspecified atom stereocenters. The zero-order valence-electron chi connectivity index (χ0n) is 19.9. The summed E-state index contributed by atoms with van der Waals surface area (Å²) in [5.41, 5.74) is 3.10. The van der Waals surface area contributed by atoms with Gasteiger partial charge in [0.25, 0.3) is 0 Å². The molecule has 5 rings (SSSR count). The molecular weight excluding hydrogens is 446 g/mol. The Bertz CT molecular complexity index is 1120. The molecule has 1 aliphatic carbocycles. The molecule has 0 radical (unpaired) electrons. The number of anilines is 1. The maximum atomic E-state index is 12.9. The Balaban J connectivity index is 1.17. The lowest BCUT2D eigenvalue weighted by Gasteiger charge is -2.36. The van der Waals surface area contributed by atoms with Gasteiger partial charge in [-0.1, -0.05) is 25.3 Å². The van der Waals surface area contributed by atoms with Crippen LogP contribution < -0.4 is 9.64 Å². The largest absolute Gasteiger partial charge is 0.497 e. The van der Waals surface area contributed by atoms with Gasteiger partial charge in [-0.05, 0) is 37.1 Å². The molecule has 2 aromatic heterocycles.